The van der Waals surface area contributed by atoms with Gasteiger partial charge in [0.2, 0.25) is 0 Å². The van der Waals surface area contributed by atoms with Crippen LogP contribution < -0.4 is 26.6 Å². The van der Waals surface area contributed by atoms with Crippen molar-refractivity contribution in [3.8, 4) is 5.75 Å². The second-order valence-electron chi connectivity index (χ2n) is 5.23. The molecule has 1 aromatic heterocycles. The molecule has 0 unspecified atom stereocenters. The van der Waals surface area contributed by atoms with E-state index in [-0.39, 0.29) is 31.7 Å². The standard InChI is InChI=1S/C16H16Cl3N5O2S/c1-26-9-4-2-8(3-5-9)6-7-21-16(27)24-23-15(25)13-10(17)12(20)11(18)14(19)22-13/h2-5H,6-7H2,1H3,(H2,20,22)(H,23,25)(H2,21,24,27). The second kappa shape index (κ2) is 9.80. The van der Waals surface area contributed by atoms with E-state index in [4.69, 9.17) is 57.5 Å². The van der Waals surface area contributed by atoms with Gasteiger partial charge in [0.25, 0.3) is 5.91 Å². The highest BCUT2D eigenvalue weighted by Gasteiger charge is 2.19. The second-order valence-corrected chi connectivity index (χ2v) is 6.75. The van der Waals surface area contributed by atoms with Gasteiger partial charge in [-0.1, -0.05) is 46.9 Å². The van der Waals surface area contributed by atoms with Gasteiger partial charge in [0.05, 0.1) is 17.8 Å². The van der Waals surface area contributed by atoms with Crippen molar-refractivity contribution in [1.82, 2.24) is 21.2 Å². The number of methoxy groups -OCH3 is 1. The zero-order valence-corrected chi connectivity index (χ0v) is 17.2. The number of benzene rings is 1. The van der Waals surface area contributed by atoms with Gasteiger partial charge in [0.1, 0.15) is 10.8 Å². The Kier molecular flexibility index (Phi) is 7.73. The first-order chi connectivity index (χ1) is 12.8. The molecule has 0 atom stereocenters. The molecule has 0 bridgehead atoms. The van der Waals surface area contributed by atoms with E-state index in [2.05, 4.69) is 21.2 Å². The molecule has 11 heteroatoms. The van der Waals surface area contributed by atoms with Crippen LogP contribution in [0.5, 0.6) is 5.75 Å². The fourth-order valence-electron chi connectivity index (χ4n) is 2.01. The van der Waals surface area contributed by atoms with Crippen molar-refractivity contribution in [2.24, 2.45) is 0 Å². The van der Waals surface area contributed by atoms with Gasteiger partial charge in [0.15, 0.2) is 16.0 Å². The summed E-state index contributed by atoms with van der Waals surface area (Å²) in [4.78, 5) is 16.0. The molecule has 1 heterocycles. The number of thiocarbonyl (C=S) groups is 1. The smallest absolute Gasteiger partial charge is 0.289 e. The minimum atomic E-state index is -0.662. The summed E-state index contributed by atoms with van der Waals surface area (Å²) in [6.45, 7) is 0.562. The lowest BCUT2D eigenvalue weighted by Crippen LogP contribution is -2.47. The number of halogens is 3. The maximum Gasteiger partial charge on any atom is 0.289 e. The first kappa shape index (κ1) is 21.3. The first-order valence-corrected chi connectivity index (χ1v) is 9.14. The van der Waals surface area contributed by atoms with E-state index in [1.165, 1.54) is 0 Å². The average molecular weight is 449 g/mol. The van der Waals surface area contributed by atoms with E-state index < -0.39 is 5.91 Å². The average Bonchev–Trinajstić information content (AvgIpc) is 2.67. The summed E-state index contributed by atoms with van der Waals surface area (Å²) >= 11 is 22.7. The summed E-state index contributed by atoms with van der Waals surface area (Å²) < 4.78 is 5.11. The largest absolute Gasteiger partial charge is 0.497 e. The SMILES string of the molecule is COc1ccc(CCNC(=S)NNC(=O)c2nc(Cl)c(Cl)c(N)c2Cl)cc1. The molecule has 0 aliphatic rings. The monoisotopic (exact) mass is 447 g/mol. The third-order valence-electron chi connectivity index (χ3n) is 3.43. The highest BCUT2D eigenvalue weighted by Crippen LogP contribution is 2.34. The lowest BCUT2D eigenvalue weighted by atomic mass is 10.1. The summed E-state index contributed by atoms with van der Waals surface area (Å²) in [5.41, 5.74) is 11.5. The minimum absolute atomic E-state index is 0.0121. The number of nitrogens with two attached hydrogens (primary N) is 1. The van der Waals surface area contributed by atoms with E-state index >= 15 is 0 Å². The molecule has 0 spiro atoms. The molecule has 2 rings (SSSR count). The fraction of sp³-hybridized carbons (Fsp3) is 0.188. The number of nitrogens with zero attached hydrogens (tertiary/aromatic N) is 1. The van der Waals surface area contributed by atoms with Crippen molar-refractivity contribution in [2.45, 2.75) is 6.42 Å². The molecule has 0 aliphatic heterocycles. The van der Waals surface area contributed by atoms with E-state index in [9.17, 15) is 4.79 Å². The van der Waals surface area contributed by atoms with Crippen LogP contribution in [-0.4, -0.2) is 29.7 Å². The first-order valence-electron chi connectivity index (χ1n) is 7.60. The molecule has 144 valence electrons. The molecule has 1 amide bonds. The molecule has 0 fully saturated rings. The number of amides is 1. The van der Waals surface area contributed by atoms with Crippen LogP contribution in [0.25, 0.3) is 0 Å². The van der Waals surface area contributed by atoms with Crippen LogP contribution in [0, 0.1) is 0 Å². The maximum atomic E-state index is 12.2. The van der Waals surface area contributed by atoms with Crippen LogP contribution in [0.1, 0.15) is 16.1 Å². The molecule has 1 aromatic carbocycles. The minimum Gasteiger partial charge on any atom is -0.497 e. The van der Waals surface area contributed by atoms with Gasteiger partial charge in [-0.3, -0.25) is 15.6 Å². The van der Waals surface area contributed by atoms with E-state index in [0.717, 1.165) is 17.7 Å². The Morgan fingerprint density at radius 3 is 2.48 bits per heavy atom. The Morgan fingerprint density at radius 2 is 1.85 bits per heavy atom. The number of hydrazine groups is 1. The Morgan fingerprint density at radius 1 is 1.19 bits per heavy atom. The number of ether oxygens (including phenoxy) is 1. The zero-order chi connectivity index (χ0) is 20.0. The number of carbonyl (C=O) groups is 1. The summed E-state index contributed by atoms with van der Waals surface area (Å²) in [5.74, 6) is 0.131. The maximum absolute atomic E-state index is 12.2. The van der Waals surface area contributed by atoms with Gasteiger partial charge in [0, 0.05) is 6.54 Å². The number of hydrogen-bond donors (Lipinski definition) is 4. The van der Waals surface area contributed by atoms with E-state index in [1.54, 1.807) is 7.11 Å². The normalized spacial score (nSPS) is 10.2. The third kappa shape index (κ3) is 5.74. The fourth-order valence-corrected chi connectivity index (χ4v) is 2.76. The number of anilines is 1. The molecule has 0 saturated heterocycles. The van der Waals surface area contributed by atoms with Crippen molar-refractivity contribution in [3.63, 3.8) is 0 Å². The predicted octanol–water partition coefficient (Wildman–Crippen LogP) is 2.98. The molecule has 0 radical (unpaired) electrons. The molecular formula is C16H16Cl3N5O2S. The van der Waals surface area contributed by atoms with Crippen molar-refractivity contribution >= 4 is 63.7 Å². The van der Waals surface area contributed by atoms with Crippen molar-refractivity contribution in [1.29, 1.82) is 0 Å². The molecule has 7 nitrogen and oxygen atoms in total. The number of carbonyl (C=O) groups excluding carboxylic acids is 1. The quantitative estimate of drug-likeness (QED) is 0.317. The molecule has 0 saturated carbocycles. The molecule has 2 aromatic rings. The number of pyridine rings is 1. The van der Waals surface area contributed by atoms with Crippen molar-refractivity contribution < 1.29 is 9.53 Å². The Balaban J connectivity index is 1.82. The lowest BCUT2D eigenvalue weighted by Gasteiger charge is -2.13. The molecule has 0 aliphatic carbocycles. The number of rotatable bonds is 5. The highest BCUT2D eigenvalue weighted by molar-refractivity contribution is 7.80. The highest BCUT2D eigenvalue weighted by atomic mass is 35.5. The zero-order valence-electron chi connectivity index (χ0n) is 14.1. The van der Waals surface area contributed by atoms with Gasteiger partial charge < -0.3 is 15.8 Å². The van der Waals surface area contributed by atoms with Gasteiger partial charge in [-0.25, -0.2) is 4.98 Å². The number of hydrogen-bond acceptors (Lipinski definition) is 5. The Hall–Kier alpha value is -2.00. The van der Waals surface area contributed by atoms with Crippen LogP contribution in [-0.2, 0) is 6.42 Å². The van der Waals surface area contributed by atoms with Crippen LogP contribution in [0.2, 0.25) is 15.2 Å². The lowest BCUT2D eigenvalue weighted by molar-refractivity contribution is 0.0939. The molecule has 5 N–H and O–H groups in total. The van der Waals surface area contributed by atoms with Gasteiger partial charge in [-0.2, -0.15) is 0 Å². The molecular weight excluding hydrogens is 433 g/mol. The van der Waals surface area contributed by atoms with Crippen LogP contribution in [0.4, 0.5) is 5.69 Å². The van der Waals surface area contributed by atoms with Crippen molar-refractivity contribution in [2.75, 3.05) is 19.4 Å². The van der Waals surface area contributed by atoms with E-state index in [0.29, 0.717) is 6.54 Å². The summed E-state index contributed by atoms with van der Waals surface area (Å²) in [5, 5.41) is 2.96. The predicted molar refractivity (Wildman–Crippen MR) is 112 cm³/mol. The molecule has 27 heavy (non-hydrogen) atoms. The van der Waals surface area contributed by atoms with Crippen molar-refractivity contribution in [3.05, 3.63) is 50.7 Å². The van der Waals surface area contributed by atoms with E-state index in [1.807, 2.05) is 24.3 Å². The van der Waals surface area contributed by atoms with Crippen LogP contribution in [0.3, 0.4) is 0 Å². The number of aromatic nitrogens is 1. The van der Waals surface area contributed by atoms with Crippen LogP contribution >= 0.6 is 47.0 Å². The topological polar surface area (TPSA) is 101 Å². The van der Waals surface area contributed by atoms with Gasteiger partial charge in [-0.05, 0) is 36.3 Å². The number of nitrogens with one attached hydrogen (secondary N) is 3. The summed E-state index contributed by atoms with van der Waals surface area (Å²) in [6, 6.07) is 7.68. The van der Waals surface area contributed by atoms with Gasteiger partial charge >= 0.3 is 0 Å². The van der Waals surface area contributed by atoms with Crippen LogP contribution in [0.15, 0.2) is 24.3 Å². The number of nitrogen functional groups attached to an aromatic ring is 1. The Labute approximate surface area is 176 Å². The third-order valence-corrected chi connectivity index (χ3v) is 4.82. The summed E-state index contributed by atoms with van der Waals surface area (Å²) in [6.07, 6.45) is 0.733. The van der Waals surface area contributed by atoms with Gasteiger partial charge in [-0.15, -0.1) is 0 Å². The summed E-state index contributed by atoms with van der Waals surface area (Å²) in [7, 11) is 1.62. The Bertz CT molecular complexity index is 849.